The summed E-state index contributed by atoms with van der Waals surface area (Å²) in [5.41, 5.74) is 10.9. The van der Waals surface area contributed by atoms with E-state index in [1.807, 2.05) is 12.4 Å². The van der Waals surface area contributed by atoms with Gasteiger partial charge in [0.05, 0.1) is 0 Å². The molecule has 0 radical (unpaired) electrons. The molecule has 0 spiro atoms. The number of nitrogens with zero attached hydrogens (tertiary/aromatic N) is 1. The van der Waals surface area contributed by atoms with Gasteiger partial charge in [-0.05, 0) is 55.8 Å². The lowest BCUT2D eigenvalue weighted by Crippen LogP contribution is -2.15. The molecule has 2 aliphatic carbocycles. The first kappa shape index (κ1) is 13.4. The smallest absolute Gasteiger partial charge is 0.0352 e. The van der Waals surface area contributed by atoms with Crippen molar-refractivity contribution in [3.8, 4) is 33.4 Å². The largest absolute Gasteiger partial charge is 0.264 e. The van der Waals surface area contributed by atoms with Crippen molar-refractivity contribution in [3.63, 3.8) is 0 Å². The summed E-state index contributed by atoms with van der Waals surface area (Å²) in [5.74, 6) is 0. The van der Waals surface area contributed by atoms with Crippen molar-refractivity contribution in [3.05, 3.63) is 78.1 Å². The second-order valence-corrected chi connectivity index (χ2v) is 7.67. The maximum absolute atomic E-state index is 4.44. The van der Waals surface area contributed by atoms with Crippen LogP contribution in [-0.2, 0) is 5.41 Å². The van der Waals surface area contributed by atoms with Gasteiger partial charge in [0.2, 0.25) is 0 Å². The molecule has 3 aromatic carbocycles. The van der Waals surface area contributed by atoms with Gasteiger partial charge in [-0.1, -0.05) is 62.4 Å². The zero-order valence-electron chi connectivity index (χ0n) is 14.3. The Bertz CT molecular complexity index is 1210. The first-order chi connectivity index (χ1) is 12.2. The number of fused-ring (bicyclic) bond motifs is 3. The summed E-state index contributed by atoms with van der Waals surface area (Å²) in [6.07, 6.45) is 3.93. The fraction of sp³-hybridized carbons (Fsp3) is 0.125. The molecular formula is C24H17N. The number of pyridine rings is 1. The minimum absolute atomic E-state index is 0.0342. The first-order valence-corrected chi connectivity index (χ1v) is 8.83. The van der Waals surface area contributed by atoms with E-state index in [2.05, 4.69) is 73.4 Å². The van der Waals surface area contributed by atoms with Gasteiger partial charge >= 0.3 is 0 Å². The van der Waals surface area contributed by atoms with Gasteiger partial charge in [-0.15, -0.1) is 0 Å². The Balaban J connectivity index is 1.99. The molecule has 2 aliphatic rings. The molecule has 0 bridgehead atoms. The second kappa shape index (κ2) is 4.18. The Kier molecular flexibility index (Phi) is 2.23. The topological polar surface area (TPSA) is 12.9 Å². The maximum atomic E-state index is 4.44. The van der Waals surface area contributed by atoms with E-state index >= 15 is 0 Å². The van der Waals surface area contributed by atoms with Crippen LogP contribution in [0.5, 0.6) is 0 Å². The van der Waals surface area contributed by atoms with Crippen LogP contribution in [0.3, 0.4) is 0 Å². The molecule has 0 amide bonds. The molecule has 0 saturated heterocycles. The highest BCUT2D eigenvalue weighted by molar-refractivity contribution is 6.16. The summed E-state index contributed by atoms with van der Waals surface area (Å²) < 4.78 is 0. The SMILES string of the molecule is CC1(C)c2cccc3c2-c2c1ccc1cccc(c21)-c1cnccc1-3. The van der Waals surface area contributed by atoms with Crippen LogP contribution in [0.25, 0.3) is 44.2 Å². The predicted octanol–water partition coefficient (Wildman–Crippen LogP) is 6.19. The van der Waals surface area contributed by atoms with E-state index in [0.29, 0.717) is 0 Å². The van der Waals surface area contributed by atoms with Gasteiger partial charge in [-0.3, -0.25) is 4.98 Å². The van der Waals surface area contributed by atoms with Crippen molar-refractivity contribution in [2.45, 2.75) is 19.3 Å². The molecule has 0 saturated carbocycles. The van der Waals surface area contributed by atoms with Crippen LogP contribution in [0.2, 0.25) is 0 Å². The number of rotatable bonds is 0. The van der Waals surface area contributed by atoms with Crippen molar-refractivity contribution < 1.29 is 0 Å². The van der Waals surface area contributed by atoms with Crippen LogP contribution in [0.4, 0.5) is 0 Å². The van der Waals surface area contributed by atoms with Crippen LogP contribution in [0.15, 0.2) is 67.0 Å². The average molecular weight is 319 g/mol. The fourth-order valence-electron chi connectivity index (χ4n) is 4.94. The Morgan fingerprint density at radius 2 is 1.48 bits per heavy atom. The lowest BCUT2D eigenvalue weighted by atomic mass is 9.80. The minimum Gasteiger partial charge on any atom is -0.264 e. The highest BCUT2D eigenvalue weighted by Crippen LogP contribution is 2.58. The van der Waals surface area contributed by atoms with E-state index in [9.17, 15) is 0 Å². The van der Waals surface area contributed by atoms with E-state index in [1.165, 1.54) is 55.3 Å². The van der Waals surface area contributed by atoms with Crippen molar-refractivity contribution in [2.24, 2.45) is 0 Å². The summed E-state index contributed by atoms with van der Waals surface area (Å²) in [5, 5.41) is 2.69. The van der Waals surface area contributed by atoms with Gasteiger partial charge < -0.3 is 0 Å². The Labute approximate surface area is 147 Å². The molecule has 6 rings (SSSR count). The summed E-state index contributed by atoms with van der Waals surface area (Å²) in [7, 11) is 0. The first-order valence-electron chi connectivity index (χ1n) is 8.83. The molecule has 0 N–H and O–H groups in total. The number of hydrogen-bond donors (Lipinski definition) is 0. The van der Waals surface area contributed by atoms with E-state index in [-0.39, 0.29) is 5.41 Å². The Morgan fingerprint density at radius 1 is 0.680 bits per heavy atom. The molecule has 0 fully saturated rings. The summed E-state index contributed by atoms with van der Waals surface area (Å²) in [6.45, 7) is 4.70. The molecule has 0 unspecified atom stereocenters. The summed E-state index contributed by atoms with van der Waals surface area (Å²) in [4.78, 5) is 4.44. The van der Waals surface area contributed by atoms with Gasteiger partial charge in [0.1, 0.15) is 0 Å². The Morgan fingerprint density at radius 3 is 2.40 bits per heavy atom. The van der Waals surface area contributed by atoms with Gasteiger partial charge in [-0.25, -0.2) is 0 Å². The monoisotopic (exact) mass is 319 g/mol. The fourth-order valence-corrected chi connectivity index (χ4v) is 4.94. The molecule has 1 nitrogen and oxygen atoms in total. The zero-order chi connectivity index (χ0) is 16.8. The van der Waals surface area contributed by atoms with Crippen molar-refractivity contribution in [1.29, 1.82) is 0 Å². The molecule has 1 aromatic heterocycles. The third-order valence-corrected chi connectivity index (χ3v) is 6.11. The van der Waals surface area contributed by atoms with Gasteiger partial charge in [0.25, 0.3) is 0 Å². The number of hydrogen-bond acceptors (Lipinski definition) is 1. The predicted molar refractivity (Wildman–Crippen MR) is 104 cm³/mol. The molecular weight excluding hydrogens is 302 g/mol. The van der Waals surface area contributed by atoms with Gasteiger partial charge in [0.15, 0.2) is 0 Å². The number of aromatic nitrogens is 1. The van der Waals surface area contributed by atoms with E-state index in [0.717, 1.165) is 0 Å². The summed E-state index contributed by atoms with van der Waals surface area (Å²) in [6, 6.07) is 20.2. The quantitative estimate of drug-likeness (QED) is 0.332. The zero-order valence-corrected chi connectivity index (χ0v) is 14.3. The molecule has 0 atom stereocenters. The van der Waals surface area contributed by atoms with Gasteiger partial charge in [0, 0.05) is 23.4 Å². The van der Waals surface area contributed by atoms with Crippen LogP contribution < -0.4 is 0 Å². The number of benzene rings is 3. The van der Waals surface area contributed by atoms with Crippen molar-refractivity contribution in [1.82, 2.24) is 4.98 Å². The maximum Gasteiger partial charge on any atom is 0.0352 e. The normalized spacial score (nSPS) is 15.1. The highest BCUT2D eigenvalue weighted by atomic mass is 14.6. The summed E-state index contributed by atoms with van der Waals surface area (Å²) >= 11 is 0. The van der Waals surface area contributed by atoms with Gasteiger partial charge in [-0.2, -0.15) is 0 Å². The highest BCUT2D eigenvalue weighted by Gasteiger charge is 2.39. The van der Waals surface area contributed by atoms with Crippen LogP contribution >= 0.6 is 0 Å². The molecule has 4 aromatic rings. The van der Waals surface area contributed by atoms with E-state index < -0.39 is 0 Å². The lowest BCUT2D eigenvalue weighted by Gasteiger charge is -2.23. The Hall–Kier alpha value is -2.93. The molecule has 1 heteroatoms. The second-order valence-electron chi connectivity index (χ2n) is 7.67. The van der Waals surface area contributed by atoms with Crippen LogP contribution in [-0.4, -0.2) is 4.98 Å². The van der Waals surface area contributed by atoms with Crippen molar-refractivity contribution in [2.75, 3.05) is 0 Å². The molecule has 118 valence electrons. The van der Waals surface area contributed by atoms with Crippen LogP contribution in [0.1, 0.15) is 25.0 Å². The average Bonchev–Trinajstić information content (AvgIpc) is 2.80. The lowest BCUT2D eigenvalue weighted by molar-refractivity contribution is 0.661. The third kappa shape index (κ3) is 1.44. The minimum atomic E-state index is 0.0342. The third-order valence-electron chi connectivity index (χ3n) is 6.11. The van der Waals surface area contributed by atoms with E-state index in [1.54, 1.807) is 0 Å². The molecule has 1 heterocycles. The standard InChI is InChI=1S/C24H17N/c1-24(2)19-8-4-7-16-15-11-12-25-13-18(15)17-6-3-5-14-9-10-20(24)23(21(14)17)22(16)19/h3-13H,1-2H3. The van der Waals surface area contributed by atoms with Crippen LogP contribution in [0, 0.1) is 0 Å². The molecule has 0 aliphatic heterocycles. The molecule has 25 heavy (non-hydrogen) atoms. The van der Waals surface area contributed by atoms with Crippen molar-refractivity contribution >= 4 is 10.8 Å². The van der Waals surface area contributed by atoms with E-state index in [4.69, 9.17) is 0 Å².